The summed E-state index contributed by atoms with van der Waals surface area (Å²) in [6.45, 7) is 8.82. The van der Waals surface area contributed by atoms with E-state index in [1.807, 2.05) is 6.92 Å². The first-order chi connectivity index (χ1) is 11.4. The normalized spacial score (nSPS) is 12.2. The summed E-state index contributed by atoms with van der Waals surface area (Å²) in [4.78, 5) is 12.4. The summed E-state index contributed by atoms with van der Waals surface area (Å²) in [5, 5.41) is 16.4. The van der Waals surface area contributed by atoms with E-state index >= 15 is 0 Å². The van der Waals surface area contributed by atoms with Gasteiger partial charge in [-0.05, 0) is 62.4 Å². The van der Waals surface area contributed by atoms with Crippen molar-refractivity contribution < 1.29 is 9.90 Å². The molecular weight excluding hydrogens is 302 g/mol. The third-order valence-electron chi connectivity index (χ3n) is 4.24. The Balaban J connectivity index is 2.14. The highest BCUT2D eigenvalue weighted by molar-refractivity contribution is 5.92. The lowest BCUT2D eigenvalue weighted by Crippen LogP contribution is -2.30. The fraction of sp³-hybridized carbons (Fsp3) is 0.474. The van der Waals surface area contributed by atoms with Gasteiger partial charge < -0.3 is 10.4 Å². The largest absolute Gasteiger partial charge is 0.396 e. The molecule has 0 saturated carbocycles. The summed E-state index contributed by atoms with van der Waals surface area (Å²) in [6, 6.07) is 8.04. The number of nitrogens with zero attached hydrogens (tertiary/aromatic N) is 2. The van der Waals surface area contributed by atoms with Crippen molar-refractivity contribution in [3.8, 4) is 5.69 Å². The first-order valence-corrected chi connectivity index (χ1v) is 8.49. The number of benzene rings is 1. The Morgan fingerprint density at radius 1 is 1.21 bits per heavy atom. The Kier molecular flexibility index (Phi) is 6.15. The molecule has 0 aliphatic heterocycles. The second kappa shape index (κ2) is 8.11. The van der Waals surface area contributed by atoms with E-state index in [2.05, 4.69) is 49.4 Å². The van der Waals surface area contributed by atoms with Crippen molar-refractivity contribution in [1.82, 2.24) is 15.1 Å². The van der Waals surface area contributed by atoms with Crippen LogP contribution in [-0.4, -0.2) is 33.9 Å². The quantitative estimate of drug-likeness (QED) is 0.821. The van der Waals surface area contributed by atoms with Gasteiger partial charge in [0.1, 0.15) is 0 Å². The SMILES string of the molecule is CCC(CCO)CNC(=O)c1cc(C)n(-c2cc(C)cc(C)c2)n1. The summed E-state index contributed by atoms with van der Waals surface area (Å²) in [7, 11) is 0. The van der Waals surface area contributed by atoms with E-state index in [9.17, 15) is 4.79 Å². The molecule has 24 heavy (non-hydrogen) atoms. The molecule has 0 spiro atoms. The molecule has 0 bridgehead atoms. The van der Waals surface area contributed by atoms with Gasteiger partial charge in [-0.25, -0.2) is 4.68 Å². The summed E-state index contributed by atoms with van der Waals surface area (Å²) in [5.41, 5.74) is 4.65. The number of carbonyl (C=O) groups excluding carboxylic acids is 1. The van der Waals surface area contributed by atoms with Crippen LogP contribution in [0.1, 0.15) is 47.1 Å². The Morgan fingerprint density at radius 3 is 2.46 bits per heavy atom. The van der Waals surface area contributed by atoms with Crippen LogP contribution in [0.4, 0.5) is 0 Å². The first-order valence-electron chi connectivity index (χ1n) is 8.49. The average Bonchev–Trinajstić information content (AvgIpc) is 2.92. The van der Waals surface area contributed by atoms with Crippen LogP contribution in [-0.2, 0) is 0 Å². The lowest BCUT2D eigenvalue weighted by Gasteiger charge is -2.13. The fourth-order valence-corrected chi connectivity index (χ4v) is 2.88. The third-order valence-corrected chi connectivity index (χ3v) is 4.24. The molecule has 1 atom stereocenters. The number of aliphatic hydroxyl groups is 1. The Labute approximate surface area is 143 Å². The van der Waals surface area contributed by atoms with Crippen LogP contribution < -0.4 is 5.32 Å². The van der Waals surface area contributed by atoms with Gasteiger partial charge in [0.05, 0.1) is 5.69 Å². The summed E-state index contributed by atoms with van der Waals surface area (Å²) in [6.07, 6.45) is 1.63. The van der Waals surface area contributed by atoms with Crippen molar-refractivity contribution in [1.29, 1.82) is 0 Å². The van der Waals surface area contributed by atoms with Gasteiger partial charge in [0, 0.05) is 18.8 Å². The van der Waals surface area contributed by atoms with E-state index in [0.29, 0.717) is 24.6 Å². The molecular formula is C19H27N3O2. The molecule has 2 N–H and O–H groups in total. The Bertz CT molecular complexity index is 686. The number of aromatic nitrogens is 2. The monoisotopic (exact) mass is 329 g/mol. The topological polar surface area (TPSA) is 67.2 Å². The molecule has 1 amide bonds. The number of nitrogens with one attached hydrogen (secondary N) is 1. The molecule has 0 fully saturated rings. The Hall–Kier alpha value is -2.14. The number of hydrogen-bond donors (Lipinski definition) is 2. The third kappa shape index (κ3) is 4.45. The van der Waals surface area contributed by atoms with E-state index in [-0.39, 0.29) is 12.5 Å². The molecule has 0 saturated heterocycles. The van der Waals surface area contributed by atoms with Gasteiger partial charge in [-0.15, -0.1) is 0 Å². The van der Waals surface area contributed by atoms with Gasteiger partial charge in [0.2, 0.25) is 0 Å². The zero-order valence-corrected chi connectivity index (χ0v) is 15.0. The molecule has 5 heteroatoms. The minimum atomic E-state index is -0.169. The van der Waals surface area contributed by atoms with E-state index in [4.69, 9.17) is 5.11 Å². The second-order valence-corrected chi connectivity index (χ2v) is 6.43. The van der Waals surface area contributed by atoms with Crippen LogP contribution in [0.15, 0.2) is 24.3 Å². The number of aryl methyl sites for hydroxylation is 3. The molecule has 130 valence electrons. The maximum absolute atomic E-state index is 12.4. The lowest BCUT2D eigenvalue weighted by molar-refractivity contribution is 0.0938. The predicted molar refractivity (Wildman–Crippen MR) is 95.6 cm³/mol. The van der Waals surface area contributed by atoms with Crippen LogP contribution in [0.25, 0.3) is 5.69 Å². The molecule has 5 nitrogen and oxygen atoms in total. The van der Waals surface area contributed by atoms with Crippen molar-refractivity contribution in [3.05, 3.63) is 46.8 Å². The van der Waals surface area contributed by atoms with Crippen LogP contribution in [0.2, 0.25) is 0 Å². The predicted octanol–water partition coefficient (Wildman–Crippen LogP) is 2.94. The van der Waals surface area contributed by atoms with Gasteiger partial charge in [0.15, 0.2) is 5.69 Å². The molecule has 1 unspecified atom stereocenters. The van der Waals surface area contributed by atoms with Crippen LogP contribution in [0, 0.1) is 26.7 Å². The Morgan fingerprint density at radius 2 is 1.88 bits per heavy atom. The number of amides is 1. The number of aliphatic hydroxyl groups excluding tert-OH is 1. The van der Waals surface area contributed by atoms with Gasteiger partial charge in [0.25, 0.3) is 5.91 Å². The van der Waals surface area contributed by atoms with E-state index < -0.39 is 0 Å². The molecule has 0 aliphatic carbocycles. The number of rotatable bonds is 7. The lowest BCUT2D eigenvalue weighted by atomic mass is 10.0. The summed E-state index contributed by atoms with van der Waals surface area (Å²) >= 11 is 0. The fourth-order valence-electron chi connectivity index (χ4n) is 2.88. The van der Waals surface area contributed by atoms with Crippen molar-refractivity contribution in [3.63, 3.8) is 0 Å². The van der Waals surface area contributed by atoms with Crippen molar-refractivity contribution in [2.24, 2.45) is 5.92 Å². The molecule has 0 radical (unpaired) electrons. The molecule has 0 aliphatic rings. The van der Waals surface area contributed by atoms with E-state index in [1.54, 1.807) is 10.7 Å². The maximum Gasteiger partial charge on any atom is 0.271 e. The minimum absolute atomic E-state index is 0.148. The highest BCUT2D eigenvalue weighted by Crippen LogP contribution is 2.16. The van der Waals surface area contributed by atoms with Gasteiger partial charge >= 0.3 is 0 Å². The zero-order valence-electron chi connectivity index (χ0n) is 15.0. The smallest absolute Gasteiger partial charge is 0.271 e. The van der Waals surface area contributed by atoms with Gasteiger partial charge in [-0.3, -0.25) is 4.79 Å². The molecule has 2 rings (SSSR count). The molecule has 2 aromatic rings. The maximum atomic E-state index is 12.4. The number of carbonyl (C=O) groups is 1. The van der Waals surface area contributed by atoms with E-state index in [1.165, 1.54) is 11.1 Å². The average molecular weight is 329 g/mol. The van der Waals surface area contributed by atoms with Crippen molar-refractivity contribution in [2.75, 3.05) is 13.2 Å². The van der Waals surface area contributed by atoms with Crippen LogP contribution in [0.5, 0.6) is 0 Å². The molecule has 1 heterocycles. The van der Waals surface area contributed by atoms with Crippen molar-refractivity contribution in [2.45, 2.75) is 40.5 Å². The van der Waals surface area contributed by atoms with Crippen LogP contribution in [0.3, 0.4) is 0 Å². The summed E-state index contributed by atoms with van der Waals surface area (Å²) in [5.74, 6) is 0.124. The zero-order chi connectivity index (χ0) is 17.7. The highest BCUT2D eigenvalue weighted by Gasteiger charge is 2.15. The summed E-state index contributed by atoms with van der Waals surface area (Å²) < 4.78 is 1.81. The second-order valence-electron chi connectivity index (χ2n) is 6.43. The first kappa shape index (κ1) is 18.2. The highest BCUT2D eigenvalue weighted by atomic mass is 16.3. The van der Waals surface area contributed by atoms with Gasteiger partial charge in [-0.1, -0.05) is 19.4 Å². The minimum Gasteiger partial charge on any atom is -0.396 e. The standard InChI is InChI=1S/C19H27N3O2/c1-5-16(6-7-23)12-20-19(24)18-11-15(4)22(21-18)17-9-13(2)8-14(3)10-17/h8-11,16,23H,5-7,12H2,1-4H3,(H,20,24). The van der Waals surface area contributed by atoms with Crippen molar-refractivity contribution >= 4 is 5.91 Å². The van der Waals surface area contributed by atoms with Gasteiger partial charge in [-0.2, -0.15) is 5.10 Å². The molecule has 1 aromatic carbocycles. The number of hydrogen-bond acceptors (Lipinski definition) is 3. The van der Waals surface area contributed by atoms with Crippen LogP contribution >= 0.6 is 0 Å². The molecule has 1 aromatic heterocycles. The van der Waals surface area contributed by atoms with E-state index in [0.717, 1.165) is 17.8 Å².